The molecule has 35 heavy (non-hydrogen) atoms. The van der Waals surface area contributed by atoms with E-state index in [9.17, 15) is 22.8 Å². The Morgan fingerprint density at radius 2 is 1.74 bits per heavy atom. The largest absolute Gasteiger partial charge is 0.415 e. The highest BCUT2D eigenvalue weighted by atomic mass is 19.4. The zero-order chi connectivity index (χ0) is 25.2. The van der Waals surface area contributed by atoms with Crippen LogP contribution in [0.4, 0.5) is 13.2 Å². The number of halogens is 3. The Labute approximate surface area is 205 Å². The SMILES string of the molecule is CC(NC(=O)C1=C[C@@]2(C)C(CC[C@@H]3[C@H]2CC[C@]2(C)CCC[C@@H]32)NC1=O)(c1ccccc1)C(F)(F)F. The minimum atomic E-state index is -4.74. The van der Waals surface area contributed by atoms with Crippen molar-refractivity contribution in [3.8, 4) is 0 Å². The fraction of sp³-hybridized carbons (Fsp3) is 0.643. The summed E-state index contributed by atoms with van der Waals surface area (Å²) < 4.78 is 42.6. The summed E-state index contributed by atoms with van der Waals surface area (Å²) in [6.45, 7) is 5.46. The van der Waals surface area contributed by atoms with Gasteiger partial charge in [0.2, 0.25) is 0 Å². The van der Waals surface area contributed by atoms with Gasteiger partial charge in [0.05, 0.1) is 0 Å². The van der Waals surface area contributed by atoms with Crippen molar-refractivity contribution in [2.75, 3.05) is 0 Å². The smallest absolute Gasteiger partial charge is 0.348 e. The summed E-state index contributed by atoms with van der Waals surface area (Å²) in [5.41, 5.74) is -2.97. The average Bonchev–Trinajstić information content (AvgIpc) is 3.20. The van der Waals surface area contributed by atoms with Gasteiger partial charge in [-0.05, 0) is 74.2 Å². The molecule has 5 rings (SSSR count). The molecule has 3 saturated carbocycles. The molecule has 4 aliphatic rings. The van der Waals surface area contributed by atoms with Crippen LogP contribution in [0.15, 0.2) is 42.0 Å². The highest BCUT2D eigenvalue weighted by Crippen LogP contribution is 2.63. The quantitative estimate of drug-likeness (QED) is 0.541. The van der Waals surface area contributed by atoms with Crippen molar-refractivity contribution in [1.82, 2.24) is 10.6 Å². The molecule has 0 bridgehead atoms. The van der Waals surface area contributed by atoms with Gasteiger partial charge in [0.25, 0.3) is 11.8 Å². The van der Waals surface area contributed by atoms with Gasteiger partial charge < -0.3 is 10.6 Å². The van der Waals surface area contributed by atoms with Crippen LogP contribution >= 0.6 is 0 Å². The van der Waals surface area contributed by atoms with E-state index in [2.05, 4.69) is 24.5 Å². The maximum atomic E-state index is 14.2. The second kappa shape index (κ2) is 8.10. The number of alkyl halides is 3. The Morgan fingerprint density at radius 3 is 2.43 bits per heavy atom. The number of carbonyl (C=O) groups excluding carboxylic acids is 2. The minimum absolute atomic E-state index is 0.0766. The summed E-state index contributed by atoms with van der Waals surface area (Å²) in [7, 11) is 0. The van der Waals surface area contributed by atoms with E-state index in [4.69, 9.17) is 0 Å². The second-order valence-corrected chi connectivity index (χ2v) is 11.9. The second-order valence-electron chi connectivity index (χ2n) is 11.9. The first-order chi connectivity index (χ1) is 16.4. The minimum Gasteiger partial charge on any atom is -0.348 e. The van der Waals surface area contributed by atoms with Gasteiger partial charge in [-0.25, -0.2) is 0 Å². The third-order valence-electron chi connectivity index (χ3n) is 10.1. The lowest BCUT2D eigenvalue weighted by Crippen LogP contribution is -2.61. The first-order valence-corrected chi connectivity index (χ1v) is 12.9. The molecule has 1 aromatic rings. The lowest BCUT2D eigenvalue weighted by molar-refractivity contribution is -0.196. The van der Waals surface area contributed by atoms with Crippen molar-refractivity contribution in [2.24, 2.45) is 28.6 Å². The van der Waals surface area contributed by atoms with Crippen molar-refractivity contribution in [2.45, 2.75) is 83.5 Å². The van der Waals surface area contributed by atoms with Gasteiger partial charge in [0, 0.05) is 11.5 Å². The highest BCUT2D eigenvalue weighted by molar-refractivity contribution is 6.19. The monoisotopic (exact) mass is 488 g/mol. The number of amides is 2. The molecular formula is C28H35F3N2O2. The normalized spacial score (nSPS) is 38.2. The van der Waals surface area contributed by atoms with Gasteiger partial charge in [-0.1, -0.05) is 56.7 Å². The average molecular weight is 489 g/mol. The van der Waals surface area contributed by atoms with Crippen LogP contribution in [0.25, 0.3) is 0 Å². The zero-order valence-electron chi connectivity index (χ0n) is 20.7. The summed E-state index contributed by atoms with van der Waals surface area (Å²) in [4.78, 5) is 26.3. The molecule has 0 spiro atoms. The van der Waals surface area contributed by atoms with Gasteiger partial charge in [-0.15, -0.1) is 0 Å². The van der Waals surface area contributed by atoms with Crippen LogP contribution in [0.1, 0.15) is 71.3 Å². The van der Waals surface area contributed by atoms with E-state index in [1.165, 1.54) is 43.5 Å². The fourth-order valence-electron chi connectivity index (χ4n) is 7.97. The molecule has 1 aliphatic heterocycles. The predicted molar refractivity (Wildman–Crippen MR) is 127 cm³/mol. The summed E-state index contributed by atoms with van der Waals surface area (Å²) in [6, 6.07) is 7.22. The predicted octanol–water partition coefficient (Wildman–Crippen LogP) is 5.64. The Morgan fingerprint density at radius 1 is 1.03 bits per heavy atom. The van der Waals surface area contributed by atoms with E-state index in [1.807, 2.05) is 0 Å². The van der Waals surface area contributed by atoms with Gasteiger partial charge in [0.1, 0.15) is 5.57 Å². The Hall–Kier alpha value is -2.31. The van der Waals surface area contributed by atoms with E-state index >= 15 is 0 Å². The molecule has 2 amide bonds. The van der Waals surface area contributed by atoms with E-state index in [1.54, 1.807) is 12.1 Å². The van der Waals surface area contributed by atoms with Crippen LogP contribution in [-0.2, 0) is 15.1 Å². The van der Waals surface area contributed by atoms with Crippen molar-refractivity contribution in [1.29, 1.82) is 0 Å². The molecule has 0 saturated heterocycles. The number of carbonyl (C=O) groups is 2. The molecular weight excluding hydrogens is 453 g/mol. The van der Waals surface area contributed by atoms with Crippen LogP contribution in [0, 0.1) is 28.6 Å². The number of hydrogen-bond acceptors (Lipinski definition) is 2. The van der Waals surface area contributed by atoms with Crippen molar-refractivity contribution < 1.29 is 22.8 Å². The van der Waals surface area contributed by atoms with Gasteiger partial charge in [0.15, 0.2) is 5.54 Å². The first kappa shape index (κ1) is 24.4. The van der Waals surface area contributed by atoms with Gasteiger partial charge in [-0.2, -0.15) is 13.2 Å². The number of benzene rings is 1. The molecule has 1 heterocycles. The van der Waals surface area contributed by atoms with Gasteiger partial charge >= 0.3 is 6.18 Å². The molecule has 2 unspecified atom stereocenters. The highest BCUT2D eigenvalue weighted by Gasteiger charge is 2.59. The van der Waals surface area contributed by atoms with Crippen LogP contribution in [0.5, 0.6) is 0 Å². The summed E-state index contributed by atoms with van der Waals surface area (Å²) in [6.07, 6.45) is 4.77. The van der Waals surface area contributed by atoms with E-state index in [0.29, 0.717) is 23.2 Å². The van der Waals surface area contributed by atoms with E-state index in [-0.39, 0.29) is 17.2 Å². The van der Waals surface area contributed by atoms with Crippen molar-refractivity contribution in [3.05, 3.63) is 47.5 Å². The number of nitrogens with one attached hydrogen (secondary N) is 2. The van der Waals surface area contributed by atoms with Crippen molar-refractivity contribution >= 4 is 11.8 Å². The Balaban J connectivity index is 1.47. The molecule has 3 aliphatic carbocycles. The molecule has 2 N–H and O–H groups in total. The maximum Gasteiger partial charge on any atom is 0.415 e. The third-order valence-corrected chi connectivity index (χ3v) is 10.1. The first-order valence-electron chi connectivity index (χ1n) is 12.9. The Kier molecular flexibility index (Phi) is 5.65. The number of rotatable bonds is 3. The lowest BCUT2D eigenvalue weighted by Gasteiger charge is -2.58. The molecule has 3 fully saturated rings. The summed E-state index contributed by atoms with van der Waals surface area (Å²) >= 11 is 0. The van der Waals surface area contributed by atoms with Crippen LogP contribution in [-0.4, -0.2) is 24.0 Å². The Bertz CT molecular complexity index is 1050. The maximum absolute atomic E-state index is 14.2. The molecule has 0 aromatic heterocycles. The van der Waals surface area contributed by atoms with Crippen LogP contribution < -0.4 is 10.6 Å². The zero-order valence-corrected chi connectivity index (χ0v) is 20.7. The molecule has 0 radical (unpaired) electrons. The number of hydrogen-bond donors (Lipinski definition) is 2. The van der Waals surface area contributed by atoms with E-state index < -0.39 is 28.9 Å². The third kappa shape index (κ3) is 3.72. The van der Waals surface area contributed by atoms with Crippen LogP contribution in [0.2, 0.25) is 0 Å². The van der Waals surface area contributed by atoms with E-state index in [0.717, 1.165) is 32.6 Å². The molecule has 7 atom stereocenters. The molecule has 7 heteroatoms. The van der Waals surface area contributed by atoms with Gasteiger partial charge in [-0.3, -0.25) is 9.59 Å². The lowest BCUT2D eigenvalue weighted by atomic mass is 9.48. The molecule has 4 nitrogen and oxygen atoms in total. The molecule has 190 valence electrons. The number of fused-ring (bicyclic) bond motifs is 5. The molecule has 1 aromatic carbocycles. The standard InChI is InChI=1S/C28H35F3N2O2/c1-25-14-7-10-20(25)18-11-12-22-26(2,21(18)13-15-25)16-19(23(34)32-22)24(35)33-27(3,28(29,30)31)17-8-5-4-6-9-17/h4-6,8-9,16,18,20-22H,7,10-15H2,1-3H3,(H,32,34)(H,33,35)/t18-,20-,21+,22?,25-,26+,27?/m0/s1. The van der Waals surface area contributed by atoms with Crippen molar-refractivity contribution in [3.63, 3.8) is 0 Å². The summed E-state index contributed by atoms with van der Waals surface area (Å²) in [5.74, 6) is -0.0762. The topological polar surface area (TPSA) is 58.2 Å². The fourth-order valence-corrected chi connectivity index (χ4v) is 7.97. The summed E-state index contributed by atoms with van der Waals surface area (Å²) in [5, 5.41) is 5.19. The van der Waals surface area contributed by atoms with Crippen LogP contribution in [0.3, 0.4) is 0 Å².